The van der Waals surface area contributed by atoms with Crippen molar-refractivity contribution in [1.82, 2.24) is 0 Å². The van der Waals surface area contributed by atoms with Crippen LogP contribution >= 0.6 is 11.6 Å². The minimum Gasteiger partial charge on any atom is -0.506 e. The summed E-state index contributed by atoms with van der Waals surface area (Å²) in [6, 6.07) is 4.47. The Labute approximate surface area is 104 Å². The standard InChI is InChI=1S/C11H13ClN2O3/c1-3-17-11(16)7(2)13-14-9-6-8(12)4-5-10(9)15/h4-6,14-15H,3H2,1-2H3. The molecule has 0 aliphatic rings. The molecule has 0 amide bonds. The first-order valence-corrected chi connectivity index (χ1v) is 5.38. The molecule has 0 fully saturated rings. The van der Waals surface area contributed by atoms with Gasteiger partial charge in [-0.3, -0.25) is 5.43 Å². The highest BCUT2D eigenvalue weighted by atomic mass is 35.5. The Hall–Kier alpha value is -1.75. The number of benzene rings is 1. The zero-order valence-electron chi connectivity index (χ0n) is 9.53. The second-order valence-corrected chi connectivity index (χ2v) is 3.63. The number of rotatable bonds is 4. The van der Waals surface area contributed by atoms with Crippen LogP contribution in [-0.4, -0.2) is 23.4 Å². The van der Waals surface area contributed by atoms with Crippen LogP contribution in [0.4, 0.5) is 5.69 Å². The van der Waals surface area contributed by atoms with Crippen LogP contribution in [0.15, 0.2) is 23.3 Å². The maximum absolute atomic E-state index is 11.2. The molecule has 1 rings (SSSR count). The number of carbonyl (C=O) groups is 1. The van der Waals surface area contributed by atoms with Gasteiger partial charge in [-0.05, 0) is 32.0 Å². The van der Waals surface area contributed by atoms with Crippen LogP contribution < -0.4 is 5.43 Å². The van der Waals surface area contributed by atoms with E-state index in [1.54, 1.807) is 13.0 Å². The Bertz CT molecular complexity index is 446. The van der Waals surface area contributed by atoms with E-state index in [2.05, 4.69) is 10.5 Å². The SMILES string of the molecule is CCOC(=O)C(C)=NNc1cc(Cl)ccc1O. The van der Waals surface area contributed by atoms with Gasteiger partial charge in [0.2, 0.25) is 0 Å². The molecule has 0 saturated carbocycles. The lowest BCUT2D eigenvalue weighted by Gasteiger charge is -2.05. The van der Waals surface area contributed by atoms with Crippen LogP contribution in [0, 0.1) is 0 Å². The van der Waals surface area contributed by atoms with Gasteiger partial charge in [0.1, 0.15) is 11.5 Å². The van der Waals surface area contributed by atoms with E-state index < -0.39 is 5.97 Å². The van der Waals surface area contributed by atoms with Gasteiger partial charge in [0, 0.05) is 5.02 Å². The fraction of sp³-hybridized carbons (Fsp3) is 0.273. The number of phenols is 1. The Balaban J connectivity index is 2.75. The van der Waals surface area contributed by atoms with E-state index in [1.165, 1.54) is 19.1 Å². The highest BCUT2D eigenvalue weighted by Gasteiger charge is 2.07. The first kappa shape index (κ1) is 13.3. The largest absolute Gasteiger partial charge is 0.506 e. The van der Waals surface area contributed by atoms with Gasteiger partial charge >= 0.3 is 5.97 Å². The van der Waals surface area contributed by atoms with Crippen molar-refractivity contribution in [3.63, 3.8) is 0 Å². The third kappa shape index (κ3) is 3.96. The molecule has 92 valence electrons. The number of nitrogens with one attached hydrogen (secondary N) is 1. The number of phenolic OH excluding ortho intramolecular Hbond substituents is 1. The van der Waals surface area contributed by atoms with Crippen LogP contribution in [0.25, 0.3) is 0 Å². The van der Waals surface area contributed by atoms with Crippen LogP contribution in [-0.2, 0) is 9.53 Å². The van der Waals surface area contributed by atoms with Crippen molar-refractivity contribution in [2.45, 2.75) is 13.8 Å². The number of hydrogen-bond acceptors (Lipinski definition) is 5. The molecule has 1 aromatic carbocycles. The predicted molar refractivity (Wildman–Crippen MR) is 66.5 cm³/mol. The van der Waals surface area contributed by atoms with Gasteiger partial charge in [0.15, 0.2) is 0 Å². The normalized spacial score (nSPS) is 11.1. The van der Waals surface area contributed by atoms with Crippen molar-refractivity contribution in [2.24, 2.45) is 5.10 Å². The minimum atomic E-state index is -0.512. The van der Waals surface area contributed by atoms with E-state index in [0.717, 1.165) is 0 Å². The van der Waals surface area contributed by atoms with E-state index in [0.29, 0.717) is 10.7 Å². The molecule has 0 atom stereocenters. The summed E-state index contributed by atoms with van der Waals surface area (Å²) in [6.07, 6.45) is 0. The number of esters is 1. The predicted octanol–water partition coefficient (Wildman–Crippen LogP) is 2.40. The molecule has 0 heterocycles. The van der Waals surface area contributed by atoms with E-state index in [-0.39, 0.29) is 18.1 Å². The lowest BCUT2D eigenvalue weighted by Crippen LogP contribution is -2.15. The highest BCUT2D eigenvalue weighted by molar-refractivity contribution is 6.35. The smallest absolute Gasteiger partial charge is 0.354 e. The Morgan fingerprint density at radius 2 is 2.29 bits per heavy atom. The summed E-state index contributed by atoms with van der Waals surface area (Å²) in [5, 5.41) is 13.7. The van der Waals surface area contributed by atoms with Crippen molar-refractivity contribution in [3.8, 4) is 5.75 Å². The average Bonchev–Trinajstić information content (AvgIpc) is 2.30. The summed E-state index contributed by atoms with van der Waals surface area (Å²) in [5.74, 6) is -0.517. The average molecular weight is 257 g/mol. The fourth-order valence-corrected chi connectivity index (χ4v) is 1.20. The van der Waals surface area contributed by atoms with Crippen LogP contribution in [0.3, 0.4) is 0 Å². The Kier molecular flexibility index (Phi) is 4.78. The number of halogens is 1. The van der Waals surface area contributed by atoms with Crippen molar-refractivity contribution in [1.29, 1.82) is 0 Å². The molecule has 0 aromatic heterocycles. The Morgan fingerprint density at radius 1 is 1.59 bits per heavy atom. The number of hydrogen-bond donors (Lipinski definition) is 2. The molecule has 5 nitrogen and oxygen atoms in total. The van der Waals surface area contributed by atoms with Crippen LogP contribution in [0.5, 0.6) is 5.75 Å². The summed E-state index contributed by atoms with van der Waals surface area (Å²) in [4.78, 5) is 11.2. The molecule has 2 N–H and O–H groups in total. The monoisotopic (exact) mass is 256 g/mol. The molecule has 0 aliphatic carbocycles. The van der Waals surface area contributed by atoms with E-state index >= 15 is 0 Å². The summed E-state index contributed by atoms with van der Waals surface area (Å²) in [6.45, 7) is 3.50. The summed E-state index contributed by atoms with van der Waals surface area (Å²) >= 11 is 5.75. The summed E-state index contributed by atoms with van der Waals surface area (Å²) in [5.41, 5.74) is 3.02. The number of carbonyl (C=O) groups excluding carboxylic acids is 1. The van der Waals surface area contributed by atoms with Gasteiger partial charge in [0.25, 0.3) is 0 Å². The van der Waals surface area contributed by atoms with Crippen LogP contribution in [0.1, 0.15) is 13.8 Å². The van der Waals surface area contributed by atoms with Crippen molar-refractivity contribution in [2.75, 3.05) is 12.0 Å². The second-order valence-electron chi connectivity index (χ2n) is 3.19. The number of anilines is 1. The molecular weight excluding hydrogens is 244 g/mol. The lowest BCUT2D eigenvalue weighted by atomic mass is 10.3. The number of hydrazone groups is 1. The van der Waals surface area contributed by atoms with E-state index in [1.807, 2.05) is 0 Å². The molecule has 17 heavy (non-hydrogen) atoms. The van der Waals surface area contributed by atoms with Crippen molar-refractivity contribution in [3.05, 3.63) is 23.2 Å². The molecule has 0 radical (unpaired) electrons. The van der Waals surface area contributed by atoms with Gasteiger partial charge in [-0.15, -0.1) is 0 Å². The van der Waals surface area contributed by atoms with E-state index in [4.69, 9.17) is 16.3 Å². The first-order chi connectivity index (χ1) is 8.04. The van der Waals surface area contributed by atoms with Gasteiger partial charge in [-0.25, -0.2) is 4.79 Å². The molecule has 0 spiro atoms. The molecule has 0 aliphatic heterocycles. The van der Waals surface area contributed by atoms with Crippen molar-refractivity contribution >= 4 is 29.0 Å². The molecule has 0 unspecified atom stereocenters. The molecular formula is C11H13ClN2O3. The number of aromatic hydroxyl groups is 1. The maximum atomic E-state index is 11.2. The third-order valence-corrected chi connectivity index (χ3v) is 2.11. The molecule has 0 bridgehead atoms. The summed E-state index contributed by atoms with van der Waals surface area (Å²) < 4.78 is 4.75. The zero-order valence-corrected chi connectivity index (χ0v) is 10.3. The molecule has 0 saturated heterocycles. The lowest BCUT2D eigenvalue weighted by molar-refractivity contribution is -0.135. The quantitative estimate of drug-likeness (QED) is 0.376. The van der Waals surface area contributed by atoms with E-state index in [9.17, 15) is 9.90 Å². The second kappa shape index (κ2) is 6.10. The van der Waals surface area contributed by atoms with Gasteiger partial charge in [-0.2, -0.15) is 5.10 Å². The van der Waals surface area contributed by atoms with Crippen LogP contribution in [0.2, 0.25) is 5.02 Å². The molecule has 6 heteroatoms. The maximum Gasteiger partial charge on any atom is 0.354 e. The third-order valence-electron chi connectivity index (χ3n) is 1.87. The minimum absolute atomic E-state index is 0.00481. The topological polar surface area (TPSA) is 70.9 Å². The zero-order chi connectivity index (χ0) is 12.8. The highest BCUT2D eigenvalue weighted by Crippen LogP contribution is 2.26. The first-order valence-electron chi connectivity index (χ1n) is 5.00. The molecule has 1 aromatic rings. The van der Waals surface area contributed by atoms with Gasteiger partial charge in [0.05, 0.1) is 12.3 Å². The van der Waals surface area contributed by atoms with Gasteiger partial charge in [-0.1, -0.05) is 11.6 Å². The fourth-order valence-electron chi connectivity index (χ4n) is 1.02. The number of ether oxygens (including phenoxy) is 1. The number of nitrogens with zero attached hydrogens (tertiary/aromatic N) is 1. The van der Waals surface area contributed by atoms with Crippen molar-refractivity contribution < 1.29 is 14.6 Å². The summed E-state index contributed by atoms with van der Waals surface area (Å²) in [7, 11) is 0. The van der Waals surface area contributed by atoms with Gasteiger partial charge < -0.3 is 9.84 Å². The Morgan fingerprint density at radius 3 is 2.94 bits per heavy atom.